The smallest absolute Gasteiger partial charge is 0.416 e. The highest BCUT2D eigenvalue weighted by Gasteiger charge is 2.32. The summed E-state index contributed by atoms with van der Waals surface area (Å²) in [7, 11) is 0. The SMILES string of the molecule is CC(C)(C)OC(=O)N1CCc2c(ncnc2Oc2ccc3c(ccn3C(=O)Nc3cc(C#N)cc(C(F)(F)F)c3)c2)C1. The van der Waals surface area contributed by atoms with Gasteiger partial charge < -0.3 is 19.7 Å². The summed E-state index contributed by atoms with van der Waals surface area (Å²) in [5, 5.41) is 12.2. The highest BCUT2D eigenvalue weighted by atomic mass is 19.4. The molecule has 0 bridgehead atoms. The molecule has 0 aliphatic carbocycles. The lowest BCUT2D eigenvalue weighted by molar-refractivity contribution is -0.137. The van der Waals surface area contributed by atoms with Gasteiger partial charge in [0.1, 0.15) is 17.7 Å². The van der Waals surface area contributed by atoms with Gasteiger partial charge in [0.2, 0.25) is 5.88 Å². The Morgan fingerprint density at radius 1 is 1.07 bits per heavy atom. The van der Waals surface area contributed by atoms with E-state index in [0.717, 1.165) is 11.6 Å². The Hall–Kier alpha value is -5.12. The molecule has 1 aliphatic heterocycles. The zero-order chi connectivity index (χ0) is 30.2. The van der Waals surface area contributed by atoms with Gasteiger partial charge in [0.15, 0.2) is 0 Å². The van der Waals surface area contributed by atoms with Crippen LogP contribution in [0.15, 0.2) is 55.0 Å². The fourth-order valence-corrected chi connectivity index (χ4v) is 4.48. The van der Waals surface area contributed by atoms with Gasteiger partial charge in [0.25, 0.3) is 0 Å². The largest absolute Gasteiger partial charge is 0.444 e. The third kappa shape index (κ3) is 6.12. The van der Waals surface area contributed by atoms with E-state index >= 15 is 0 Å². The maximum absolute atomic E-state index is 13.2. The number of anilines is 1. The average molecular weight is 579 g/mol. The van der Waals surface area contributed by atoms with Crippen LogP contribution in [0.5, 0.6) is 11.6 Å². The monoisotopic (exact) mass is 578 g/mol. The predicted molar refractivity (Wildman–Crippen MR) is 145 cm³/mol. The zero-order valence-electron chi connectivity index (χ0n) is 22.8. The van der Waals surface area contributed by atoms with Crippen LogP contribution in [0.4, 0.5) is 28.4 Å². The number of nitrogens with one attached hydrogen (secondary N) is 1. The van der Waals surface area contributed by atoms with Crippen LogP contribution in [0.25, 0.3) is 10.9 Å². The highest BCUT2D eigenvalue weighted by molar-refractivity contribution is 5.99. The second-order valence-electron chi connectivity index (χ2n) is 10.6. The summed E-state index contributed by atoms with van der Waals surface area (Å²) in [4.78, 5) is 35.6. The fourth-order valence-electron chi connectivity index (χ4n) is 4.48. The number of carbonyl (C=O) groups is 2. The predicted octanol–water partition coefficient (Wildman–Crippen LogP) is 6.49. The number of aromatic nitrogens is 3. The number of rotatable bonds is 3. The minimum atomic E-state index is -4.68. The molecule has 0 saturated heterocycles. The number of hydrogen-bond donors (Lipinski definition) is 1. The van der Waals surface area contributed by atoms with Crippen molar-refractivity contribution < 1.29 is 32.2 Å². The van der Waals surface area contributed by atoms with Crippen molar-refractivity contribution >= 4 is 28.7 Å². The summed E-state index contributed by atoms with van der Waals surface area (Å²) in [5.74, 6) is 0.783. The molecule has 0 radical (unpaired) electrons. The molecule has 2 amide bonds. The first-order chi connectivity index (χ1) is 19.8. The van der Waals surface area contributed by atoms with Gasteiger partial charge in [0, 0.05) is 29.4 Å². The van der Waals surface area contributed by atoms with Gasteiger partial charge in [-0.2, -0.15) is 18.4 Å². The normalized spacial score (nSPS) is 13.3. The Bertz CT molecular complexity index is 1740. The number of fused-ring (bicyclic) bond motifs is 2. The Morgan fingerprint density at radius 2 is 1.86 bits per heavy atom. The summed E-state index contributed by atoms with van der Waals surface area (Å²) < 4.78 is 52.4. The molecule has 0 atom stereocenters. The van der Waals surface area contributed by atoms with E-state index in [-0.39, 0.29) is 17.8 Å². The fraction of sp³-hybridized carbons (Fsp3) is 0.276. The van der Waals surface area contributed by atoms with Crippen LogP contribution in [-0.4, -0.2) is 43.7 Å². The number of alkyl halides is 3. The molecule has 1 N–H and O–H groups in total. The van der Waals surface area contributed by atoms with Gasteiger partial charge in [-0.05, 0) is 69.7 Å². The Balaban J connectivity index is 1.33. The lowest BCUT2D eigenvalue weighted by atomic mass is 10.1. The minimum Gasteiger partial charge on any atom is -0.444 e. The van der Waals surface area contributed by atoms with Gasteiger partial charge in [0.05, 0.1) is 35.0 Å². The van der Waals surface area contributed by atoms with E-state index in [0.29, 0.717) is 47.3 Å². The molecule has 216 valence electrons. The number of halogens is 3. The molecule has 0 unspecified atom stereocenters. The summed E-state index contributed by atoms with van der Waals surface area (Å²) in [5.41, 5.74) is -0.155. The number of benzene rings is 2. The van der Waals surface area contributed by atoms with E-state index in [1.807, 2.05) is 0 Å². The van der Waals surface area contributed by atoms with Crippen molar-refractivity contribution in [1.29, 1.82) is 5.26 Å². The lowest BCUT2D eigenvalue weighted by Crippen LogP contribution is -2.40. The second-order valence-corrected chi connectivity index (χ2v) is 10.6. The summed E-state index contributed by atoms with van der Waals surface area (Å²) in [6.45, 7) is 6.06. The molecule has 1 aliphatic rings. The standard InChI is InChI=1S/C29H25F3N6O4/c1-28(2,3)42-27(40)37-8-7-22-23(15-37)34-16-35-25(22)41-21-4-5-24-18(12-21)6-9-38(24)26(39)36-20-11-17(14-33)10-19(13-20)29(30,31)32/h4-6,9-13,16H,7-8,15H2,1-3H3,(H,36,39). The number of carbonyl (C=O) groups excluding carboxylic acids is 2. The second kappa shape index (κ2) is 10.7. The topological polar surface area (TPSA) is 122 Å². The maximum atomic E-state index is 13.2. The maximum Gasteiger partial charge on any atom is 0.416 e. The molecule has 0 spiro atoms. The molecule has 4 aromatic rings. The Morgan fingerprint density at radius 3 is 2.57 bits per heavy atom. The Kier molecular flexibility index (Phi) is 7.24. The summed E-state index contributed by atoms with van der Waals surface area (Å²) >= 11 is 0. The third-order valence-corrected chi connectivity index (χ3v) is 6.35. The van der Waals surface area contributed by atoms with Gasteiger partial charge in [-0.3, -0.25) is 4.57 Å². The van der Waals surface area contributed by atoms with Crippen LogP contribution in [0.3, 0.4) is 0 Å². The number of nitrogens with zero attached hydrogens (tertiary/aromatic N) is 5. The minimum absolute atomic E-state index is 0.160. The molecule has 2 aromatic heterocycles. The lowest BCUT2D eigenvalue weighted by Gasteiger charge is -2.30. The van der Waals surface area contributed by atoms with Gasteiger partial charge in [-0.1, -0.05) is 0 Å². The molecular formula is C29H25F3N6O4. The van der Waals surface area contributed by atoms with Crippen LogP contribution >= 0.6 is 0 Å². The molecule has 3 heterocycles. The third-order valence-electron chi connectivity index (χ3n) is 6.35. The van der Waals surface area contributed by atoms with Gasteiger partial charge in [-0.25, -0.2) is 19.6 Å². The summed E-state index contributed by atoms with van der Waals surface area (Å²) in [6.07, 6.45) is -1.81. The molecule has 5 rings (SSSR count). The van der Waals surface area contributed by atoms with Crippen LogP contribution in [0.1, 0.15) is 43.2 Å². The van der Waals surface area contributed by atoms with Crippen molar-refractivity contribution in [2.75, 3.05) is 11.9 Å². The number of nitriles is 1. The number of hydrogen-bond acceptors (Lipinski definition) is 7. The van der Waals surface area contributed by atoms with Gasteiger partial charge in [-0.15, -0.1) is 0 Å². The van der Waals surface area contributed by atoms with Crippen molar-refractivity contribution in [3.8, 4) is 17.7 Å². The summed E-state index contributed by atoms with van der Waals surface area (Å²) in [6, 6.07) is 10.2. The van der Waals surface area contributed by atoms with Crippen LogP contribution in [-0.2, 0) is 23.9 Å². The molecule has 13 heteroatoms. The van der Waals surface area contributed by atoms with Gasteiger partial charge >= 0.3 is 18.3 Å². The van der Waals surface area contributed by atoms with E-state index < -0.39 is 29.5 Å². The number of ether oxygens (including phenoxy) is 2. The van der Waals surface area contributed by atoms with Crippen molar-refractivity contribution in [1.82, 2.24) is 19.4 Å². The van der Waals surface area contributed by atoms with E-state index in [2.05, 4.69) is 15.3 Å². The van der Waals surface area contributed by atoms with Crippen molar-refractivity contribution in [2.45, 2.75) is 45.5 Å². The van der Waals surface area contributed by atoms with Crippen LogP contribution in [0.2, 0.25) is 0 Å². The highest BCUT2D eigenvalue weighted by Crippen LogP contribution is 2.33. The van der Waals surface area contributed by atoms with Crippen molar-refractivity contribution in [2.24, 2.45) is 0 Å². The van der Waals surface area contributed by atoms with E-state index in [1.54, 1.807) is 56.0 Å². The van der Waals surface area contributed by atoms with E-state index in [4.69, 9.17) is 14.7 Å². The van der Waals surface area contributed by atoms with Crippen LogP contribution < -0.4 is 10.1 Å². The average Bonchev–Trinajstić information content (AvgIpc) is 3.35. The molecular weight excluding hydrogens is 553 g/mol. The van der Waals surface area contributed by atoms with Crippen molar-refractivity contribution in [3.05, 3.63) is 77.4 Å². The molecule has 2 aromatic carbocycles. The van der Waals surface area contributed by atoms with E-state index in [1.165, 1.54) is 23.2 Å². The zero-order valence-corrected chi connectivity index (χ0v) is 22.8. The molecule has 10 nitrogen and oxygen atoms in total. The first-order valence-electron chi connectivity index (χ1n) is 12.8. The number of amides is 2. The molecule has 42 heavy (non-hydrogen) atoms. The quantitative estimate of drug-likeness (QED) is 0.295. The van der Waals surface area contributed by atoms with Crippen molar-refractivity contribution in [3.63, 3.8) is 0 Å². The first-order valence-corrected chi connectivity index (χ1v) is 12.8. The Labute approximate surface area is 238 Å². The first kappa shape index (κ1) is 28.4. The van der Waals surface area contributed by atoms with Crippen LogP contribution in [0, 0.1) is 11.3 Å². The molecule has 0 saturated carbocycles. The molecule has 0 fully saturated rings. The van der Waals surface area contributed by atoms with E-state index in [9.17, 15) is 22.8 Å².